The molecule has 1 heterocycles. The average molecular weight is 275 g/mol. The minimum Gasteiger partial charge on any atom is -0.349 e. The largest absolute Gasteiger partial charge is 0.349 e. The molecule has 19 heavy (non-hydrogen) atoms. The highest BCUT2D eigenvalue weighted by atomic mass is 32.1. The van der Waals surface area contributed by atoms with E-state index in [9.17, 15) is 4.79 Å². The molecule has 0 radical (unpaired) electrons. The van der Waals surface area contributed by atoms with Crippen molar-refractivity contribution in [3.05, 3.63) is 40.9 Å². The molecule has 0 unspecified atom stereocenters. The van der Waals surface area contributed by atoms with Gasteiger partial charge in [0.05, 0.1) is 0 Å². The first-order valence-electron chi connectivity index (χ1n) is 6.16. The number of aromatic nitrogens is 1. The lowest BCUT2D eigenvalue weighted by molar-refractivity contribution is 0.0939. The van der Waals surface area contributed by atoms with Gasteiger partial charge in [-0.05, 0) is 25.5 Å². The minimum absolute atomic E-state index is 0.109. The molecule has 100 valence electrons. The molecule has 1 amide bonds. The van der Waals surface area contributed by atoms with Crippen LogP contribution in [0.25, 0.3) is 10.6 Å². The summed E-state index contributed by atoms with van der Waals surface area (Å²) in [5.41, 5.74) is 8.14. The Kier molecular flexibility index (Phi) is 4.29. The van der Waals surface area contributed by atoms with Crippen LogP contribution in [0.3, 0.4) is 0 Å². The zero-order valence-electron chi connectivity index (χ0n) is 11.0. The number of benzene rings is 1. The van der Waals surface area contributed by atoms with E-state index < -0.39 is 0 Å². The molecule has 1 aromatic heterocycles. The van der Waals surface area contributed by atoms with Crippen LogP contribution in [0.1, 0.15) is 29.9 Å². The molecule has 4 nitrogen and oxygen atoms in total. The Morgan fingerprint density at radius 3 is 2.95 bits per heavy atom. The van der Waals surface area contributed by atoms with Crippen molar-refractivity contribution >= 4 is 17.2 Å². The Labute approximate surface area is 116 Å². The maximum absolute atomic E-state index is 11.8. The minimum atomic E-state index is -0.132. The van der Waals surface area contributed by atoms with Gasteiger partial charge in [-0.3, -0.25) is 4.79 Å². The number of carbonyl (C=O) groups excluding carboxylic acids is 1. The summed E-state index contributed by atoms with van der Waals surface area (Å²) in [7, 11) is 0. The summed E-state index contributed by atoms with van der Waals surface area (Å²) in [5, 5.41) is 5.45. The Balaban J connectivity index is 2.22. The smallest absolute Gasteiger partial charge is 0.270 e. The van der Waals surface area contributed by atoms with Crippen LogP contribution in [-0.4, -0.2) is 16.9 Å². The van der Waals surface area contributed by atoms with Crippen molar-refractivity contribution in [1.82, 2.24) is 10.3 Å². The molecule has 0 saturated carbocycles. The van der Waals surface area contributed by atoms with Crippen molar-refractivity contribution in [3.63, 3.8) is 0 Å². The molecule has 0 saturated heterocycles. The van der Waals surface area contributed by atoms with Gasteiger partial charge in [0.25, 0.3) is 5.91 Å². The molecule has 0 fully saturated rings. The first-order valence-corrected chi connectivity index (χ1v) is 7.04. The predicted octanol–water partition coefficient (Wildman–Crippen LogP) is 2.41. The summed E-state index contributed by atoms with van der Waals surface area (Å²) >= 11 is 1.46. The van der Waals surface area contributed by atoms with E-state index in [-0.39, 0.29) is 11.9 Å². The molecule has 3 N–H and O–H groups in total. The summed E-state index contributed by atoms with van der Waals surface area (Å²) in [5.74, 6) is -0.132. The van der Waals surface area contributed by atoms with Crippen molar-refractivity contribution in [2.75, 3.05) is 0 Å². The van der Waals surface area contributed by atoms with E-state index in [0.29, 0.717) is 12.2 Å². The summed E-state index contributed by atoms with van der Waals surface area (Å²) in [6.07, 6.45) is 0. The number of hydrogen-bond acceptors (Lipinski definition) is 4. The van der Waals surface area contributed by atoms with Gasteiger partial charge in [-0.25, -0.2) is 4.98 Å². The van der Waals surface area contributed by atoms with Crippen LogP contribution in [-0.2, 0) is 6.54 Å². The van der Waals surface area contributed by atoms with E-state index in [1.54, 1.807) is 5.38 Å². The van der Waals surface area contributed by atoms with Crippen LogP contribution in [0.15, 0.2) is 29.6 Å². The monoisotopic (exact) mass is 275 g/mol. The normalized spacial score (nSPS) is 10.7. The van der Waals surface area contributed by atoms with Gasteiger partial charge < -0.3 is 11.1 Å². The Bertz CT molecular complexity index is 578. The number of rotatable bonds is 4. The Hall–Kier alpha value is -1.72. The summed E-state index contributed by atoms with van der Waals surface area (Å²) < 4.78 is 0. The average Bonchev–Trinajstić information content (AvgIpc) is 2.88. The number of nitrogens with two attached hydrogens (primary N) is 1. The van der Waals surface area contributed by atoms with Gasteiger partial charge in [-0.1, -0.05) is 18.2 Å². The second-order valence-corrected chi connectivity index (χ2v) is 5.43. The fourth-order valence-electron chi connectivity index (χ4n) is 1.68. The first kappa shape index (κ1) is 13.7. The van der Waals surface area contributed by atoms with Crippen LogP contribution in [0.5, 0.6) is 0 Å². The number of thiazole rings is 1. The number of carbonyl (C=O) groups is 1. The molecule has 2 rings (SSSR count). The highest BCUT2D eigenvalue weighted by Gasteiger charge is 2.12. The highest BCUT2D eigenvalue weighted by Crippen LogP contribution is 2.24. The first-order chi connectivity index (χ1) is 9.10. The molecule has 2 aromatic rings. The van der Waals surface area contributed by atoms with Crippen LogP contribution in [0, 0.1) is 0 Å². The third-order valence-electron chi connectivity index (χ3n) is 2.57. The van der Waals surface area contributed by atoms with Gasteiger partial charge in [0.15, 0.2) is 0 Å². The molecular weight excluding hydrogens is 258 g/mol. The van der Waals surface area contributed by atoms with E-state index in [4.69, 9.17) is 5.73 Å². The quantitative estimate of drug-likeness (QED) is 0.900. The molecule has 0 atom stereocenters. The molecule has 0 bridgehead atoms. The third-order valence-corrected chi connectivity index (χ3v) is 3.46. The lowest BCUT2D eigenvalue weighted by Gasteiger charge is -2.05. The van der Waals surface area contributed by atoms with E-state index >= 15 is 0 Å². The van der Waals surface area contributed by atoms with Crippen LogP contribution in [0.2, 0.25) is 0 Å². The second kappa shape index (κ2) is 5.95. The van der Waals surface area contributed by atoms with Crippen molar-refractivity contribution in [2.24, 2.45) is 5.73 Å². The summed E-state index contributed by atoms with van der Waals surface area (Å²) in [6.45, 7) is 4.35. The van der Waals surface area contributed by atoms with Gasteiger partial charge in [0.1, 0.15) is 10.7 Å². The van der Waals surface area contributed by atoms with Crippen molar-refractivity contribution < 1.29 is 4.79 Å². The predicted molar refractivity (Wildman–Crippen MR) is 78.0 cm³/mol. The Morgan fingerprint density at radius 1 is 1.47 bits per heavy atom. The standard InChI is InChI=1S/C14H17N3OS/c1-9(2)16-13(18)12-8-19-14(17-12)11-5-3-4-10(6-11)7-15/h3-6,8-9H,7,15H2,1-2H3,(H,16,18). The van der Waals surface area contributed by atoms with Crippen molar-refractivity contribution in [2.45, 2.75) is 26.4 Å². The third kappa shape index (κ3) is 3.39. The maximum Gasteiger partial charge on any atom is 0.270 e. The Morgan fingerprint density at radius 2 is 2.26 bits per heavy atom. The van der Waals surface area contributed by atoms with E-state index in [1.807, 2.05) is 38.1 Å². The lowest BCUT2D eigenvalue weighted by atomic mass is 10.1. The van der Waals surface area contributed by atoms with Crippen LogP contribution < -0.4 is 11.1 Å². The zero-order chi connectivity index (χ0) is 13.8. The van der Waals surface area contributed by atoms with E-state index in [1.165, 1.54) is 11.3 Å². The maximum atomic E-state index is 11.8. The number of hydrogen-bond donors (Lipinski definition) is 2. The molecule has 1 aromatic carbocycles. The van der Waals surface area contributed by atoms with Crippen LogP contribution >= 0.6 is 11.3 Å². The molecule has 0 aliphatic carbocycles. The topological polar surface area (TPSA) is 68.0 Å². The van der Waals surface area contributed by atoms with E-state index in [2.05, 4.69) is 10.3 Å². The molecular formula is C14H17N3OS. The number of amides is 1. The lowest BCUT2D eigenvalue weighted by Crippen LogP contribution is -2.30. The molecule has 0 spiro atoms. The molecule has 0 aliphatic rings. The fraction of sp³-hybridized carbons (Fsp3) is 0.286. The fourth-order valence-corrected chi connectivity index (χ4v) is 2.48. The van der Waals surface area contributed by atoms with Gasteiger partial charge in [-0.15, -0.1) is 11.3 Å². The van der Waals surface area contributed by atoms with Gasteiger partial charge >= 0.3 is 0 Å². The molecule has 5 heteroatoms. The van der Waals surface area contributed by atoms with Gasteiger partial charge in [0.2, 0.25) is 0 Å². The SMILES string of the molecule is CC(C)NC(=O)c1csc(-c2cccc(CN)c2)n1. The van der Waals surface area contributed by atoms with E-state index in [0.717, 1.165) is 16.1 Å². The van der Waals surface area contributed by atoms with Gasteiger partial charge in [0, 0.05) is 23.5 Å². The van der Waals surface area contributed by atoms with Crippen molar-refractivity contribution in [3.8, 4) is 10.6 Å². The number of nitrogens with zero attached hydrogens (tertiary/aromatic N) is 1. The zero-order valence-corrected chi connectivity index (χ0v) is 11.8. The van der Waals surface area contributed by atoms with Crippen molar-refractivity contribution in [1.29, 1.82) is 0 Å². The number of nitrogens with one attached hydrogen (secondary N) is 1. The van der Waals surface area contributed by atoms with Crippen LogP contribution in [0.4, 0.5) is 0 Å². The highest BCUT2D eigenvalue weighted by molar-refractivity contribution is 7.13. The molecule has 0 aliphatic heterocycles. The second-order valence-electron chi connectivity index (χ2n) is 4.57. The summed E-state index contributed by atoms with van der Waals surface area (Å²) in [4.78, 5) is 16.2. The summed E-state index contributed by atoms with van der Waals surface area (Å²) in [6, 6.07) is 8.01. The van der Waals surface area contributed by atoms with Gasteiger partial charge in [-0.2, -0.15) is 0 Å².